The first-order valence-electron chi connectivity index (χ1n) is 3.48. The molecule has 1 aromatic heterocycles. The molecule has 1 atom stereocenters. The number of hydrogen-bond donors (Lipinski definition) is 0. The van der Waals surface area contributed by atoms with Crippen LogP contribution < -0.4 is 0 Å². The quantitative estimate of drug-likeness (QED) is 0.570. The second-order valence-corrected chi connectivity index (χ2v) is 3.97. The van der Waals surface area contributed by atoms with Gasteiger partial charge >= 0.3 is 5.97 Å². The number of alkyl halides is 1. The van der Waals surface area contributed by atoms with Crippen molar-refractivity contribution in [2.75, 3.05) is 6.61 Å². The van der Waals surface area contributed by atoms with Gasteiger partial charge < -0.3 is 4.74 Å². The molecule has 0 bridgehead atoms. The molecule has 0 aromatic carbocycles. The van der Waals surface area contributed by atoms with E-state index in [0.29, 0.717) is 16.1 Å². The summed E-state index contributed by atoms with van der Waals surface area (Å²) in [5, 5.41) is 0. The summed E-state index contributed by atoms with van der Waals surface area (Å²) in [5.41, 5.74) is -1.71. The van der Waals surface area contributed by atoms with Crippen molar-refractivity contribution in [2.24, 2.45) is 0 Å². The first-order chi connectivity index (χ1) is 6.24. The Morgan fingerprint density at radius 2 is 2.69 bits per heavy atom. The molecule has 0 spiro atoms. The van der Waals surface area contributed by atoms with Crippen molar-refractivity contribution in [3.05, 3.63) is 6.33 Å². The standard InChI is InChI=1S/C6H7FN2O2S2/c1-2-11-5(10)4(7)12-6-8-3-9-13-6/h3-4H,2H2,1H3. The van der Waals surface area contributed by atoms with Crippen molar-refractivity contribution in [1.82, 2.24) is 9.36 Å². The fourth-order valence-electron chi connectivity index (χ4n) is 0.559. The van der Waals surface area contributed by atoms with E-state index in [1.54, 1.807) is 6.92 Å². The minimum absolute atomic E-state index is 0.177. The Labute approximate surface area is 82.7 Å². The summed E-state index contributed by atoms with van der Waals surface area (Å²) in [6.45, 7) is 1.80. The van der Waals surface area contributed by atoms with E-state index in [2.05, 4.69) is 14.1 Å². The van der Waals surface area contributed by atoms with Crippen molar-refractivity contribution in [1.29, 1.82) is 0 Å². The third kappa shape index (κ3) is 3.27. The van der Waals surface area contributed by atoms with Gasteiger partial charge in [-0.15, -0.1) is 0 Å². The van der Waals surface area contributed by atoms with Gasteiger partial charge in [-0.1, -0.05) is 0 Å². The lowest BCUT2D eigenvalue weighted by Gasteiger charge is -2.03. The maximum absolute atomic E-state index is 13.0. The molecule has 0 N–H and O–H groups in total. The Morgan fingerprint density at radius 1 is 1.92 bits per heavy atom. The van der Waals surface area contributed by atoms with Gasteiger partial charge in [-0.05, 0) is 30.2 Å². The number of aromatic nitrogens is 2. The van der Waals surface area contributed by atoms with E-state index in [0.717, 1.165) is 11.5 Å². The van der Waals surface area contributed by atoms with Crippen molar-refractivity contribution >= 4 is 29.3 Å². The van der Waals surface area contributed by atoms with Crippen LogP contribution in [0.3, 0.4) is 0 Å². The molecule has 0 radical (unpaired) electrons. The van der Waals surface area contributed by atoms with Crippen LogP contribution in [0.4, 0.5) is 4.39 Å². The zero-order valence-electron chi connectivity index (χ0n) is 6.77. The van der Waals surface area contributed by atoms with Crippen LogP contribution in [0.15, 0.2) is 10.7 Å². The topological polar surface area (TPSA) is 52.1 Å². The number of carbonyl (C=O) groups excluding carboxylic acids is 1. The van der Waals surface area contributed by atoms with Crippen LogP contribution in [0.5, 0.6) is 0 Å². The summed E-state index contributed by atoms with van der Waals surface area (Å²) in [7, 11) is 0. The van der Waals surface area contributed by atoms with Gasteiger partial charge in [0.15, 0.2) is 4.34 Å². The van der Waals surface area contributed by atoms with E-state index in [-0.39, 0.29) is 6.61 Å². The molecule has 1 unspecified atom stereocenters. The Balaban J connectivity index is 2.41. The molecule has 1 heterocycles. The van der Waals surface area contributed by atoms with E-state index in [4.69, 9.17) is 0 Å². The average molecular weight is 222 g/mol. The van der Waals surface area contributed by atoms with Gasteiger partial charge in [0, 0.05) is 0 Å². The van der Waals surface area contributed by atoms with Gasteiger partial charge in [-0.25, -0.2) is 14.2 Å². The van der Waals surface area contributed by atoms with E-state index in [1.165, 1.54) is 6.33 Å². The number of ether oxygens (including phenoxy) is 1. The molecule has 4 nitrogen and oxygen atoms in total. The minimum atomic E-state index is -1.71. The Morgan fingerprint density at radius 3 is 3.23 bits per heavy atom. The molecule has 0 fully saturated rings. The van der Waals surface area contributed by atoms with Crippen molar-refractivity contribution < 1.29 is 13.9 Å². The van der Waals surface area contributed by atoms with Gasteiger partial charge in [-0.3, -0.25) is 0 Å². The van der Waals surface area contributed by atoms with Crippen LogP contribution in [-0.2, 0) is 9.53 Å². The third-order valence-electron chi connectivity index (χ3n) is 1.02. The molecule has 72 valence electrons. The van der Waals surface area contributed by atoms with E-state index >= 15 is 0 Å². The highest BCUT2D eigenvalue weighted by molar-refractivity contribution is 8.02. The first kappa shape index (κ1) is 10.4. The monoisotopic (exact) mass is 222 g/mol. The molecule has 7 heteroatoms. The molecular formula is C6H7FN2O2S2. The molecule has 0 saturated carbocycles. The van der Waals surface area contributed by atoms with Crippen LogP contribution in [0.1, 0.15) is 6.92 Å². The van der Waals surface area contributed by atoms with Crippen LogP contribution in [0.25, 0.3) is 0 Å². The highest BCUT2D eigenvalue weighted by atomic mass is 32.2. The molecule has 1 rings (SSSR count). The average Bonchev–Trinajstić information content (AvgIpc) is 2.57. The highest BCUT2D eigenvalue weighted by Crippen LogP contribution is 2.25. The number of nitrogens with zero attached hydrogens (tertiary/aromatic N) is 2. The van der Waals surface area contributed by atoms with Gasteiger partial charge in [0.1, 0.15) is 6.33 Å². The normalized spacial score (nSPS) is 12.5. The van der Waals surface area contributed by atoms with Crippen LogP contribution in [-0.4, -0.2) is 27.4 Å². The minimum Gasteiger partial charge on any atom is -0.463 e. The van der Waals surface area contributed by atoms with E-state index in [1.807, 2.05) is 0 Å². The third-order valence-corrected chi connectivity index (χ3v) is 2.70. The summed E-state index contributed by atoms with van der Waals surface area (Å²) >= 11 is 1.74. The van der Waals surface area contributed by atoms with Gasteiger partial charge in [0.25, 0.3) is 0 Å². The Bertz CT molecular complexity index is 268. The van der Waals surface area contributed by atoms with Crippen molar-refractivity contribution in [2.45, 2.75) is 16.8 Å². The maximum atomic E-state index is 13.0. The first-order valence-corrected chi connectivity index (χ1v) is 5.13. The zero-order chi connectivity index (χ0) is 9.68. The molecule has 0 saturated heterocycles. The lowest BCUT2D eigenvalue weighted by atomic mass is 10.7. The summed E-state index contributed by atoms with van der Waals surface area (Å²) < 4.78 is 21.5. The number of halogens is 1. The number of thioether (sulfide) groups is 1. The molecule has 13 heavy (non-hydrogen) atoms. The number of esters is 1. The second kappa shape index (κ2) is 5.13. The SMILES string of the molecule is CCOC(=O)C(F)Sc1ncns1. The molecule has 0 amide bonds. The molecule has 0 aliphatic carbocycles. The van der Waals surface area contributed by atoms with Gasteiger partial charge in [0.2, 0.25) is 5.50 Å². The Hall–Kier alpha value is -0.690. The van der Waals surface area contributed by atoms with Crippen LogP contribution in [0.2, 0.25) is 0 Å². The predicted octanol–water partition coefficient (Wildman–Crippen LogP) is 1.49. The smallest absolute Gasteiger partial charge is 0.351 e. The van der Waals surface area contributed by atoms with Gasteiger partial charge in [-0.2, -0.15) is 4.37 Å². The number of rotatable bonds is 4. The maximum Gasteiger partial charge on any atom is 0.351 e. The highest BCUT2D eigenvalue weighted by Gasteiger charge is 2.21. The van der Waals surface area contributed by atoms with Crippen LogP contribution >= 0.6 is 23.3 Å². The molecular weight excluding hydrogens is 215 g/mol. The summed E-state index contributed by atoms with van der Waals surface area (Å²) in [6.07, 6.45) is 1.31. The molecule has 0 aliphatic rings. The lowest BCUT2D eigenvalue weighted by Crippen LogP contribution is -2.15. The largest absolute Gasteiger partial charge is 0.463 e. The summed E-state index contributed by atoms with van der Waals surface area (Å²) in [6, 6.07) is 0. The summed E-state index contributed by atoms with van der Waals surface area (Å²) in [4.78, 5) is 14.5. The lowest BCUT2D eigenvalue weighted by molar-refractivity contribution is -0.145. The van der Waals surface area contributed by atoms with Crippen LogP contribution in [0, 0.1) is 0 Å². The fourth-order valence-corrected chi connectivity index (χ4v) is 1.84. The molecule has 0 aliphatic heterocycles. The second-order valence-electron chi connectivity index (χ2n) is 1.89. The van der Waals surface area contributed by atoms with Gasteiger partial charge in [0.05, 0.1) is 6.61 Å². The summed E-state index contributed by atoms with van der Waals surface area (Å²) in [5.74, 6) is -0.872. The molecule has 1 aromatic rings. The van der Waals surface area contributed by atoms with E-state index in [9.17, 15) is 9.18 Å². The fraction of sp³-hybridized carbons (Fsp3) is 0.500. The Kier molecular flexibility index (Phi) is 4.10. The number of hydrogen-bond acceptors (Lipinski definition) is 6. The van der Waals surface area contributed by atoms with Crippen molar-refractivity contribution in [3.8, 4) is 0 Å². The zero-order valence-corrected chi connectivity index (χ0v) is 8.40. The van der Waals surface area contributed by atoms with Crippen molar-refractivity contribution in [3.63, 3.8) is 0 Å². The predicted molar refractivity (Wildman–Crippen MR) is 47.3 cm³/mol. The van der Waals surface area contributed by atoms with E-state index < -0.39 is 11.5 Å². The number of carbonyl (C=O) groups is 1.